The molecule has 0 aliphatic carbocycles. The minimum Gasteiger partial charge on any atom is -0.505 e. The zero-order valence-electron chi connectivity index (χ0n) is 17.7. The van der Waals surface area contributed by atoms with E-state index in [4.69, 9.17) is 0 Å². The van der Waals surface area contributed by atoms with Gasteiger partial charge in [-0.05, 0) is 48.9 Å². The third-order valence-corrected chi connectivity index (χ3v) is 6.16. The lowest BCUT2D eigenvalue weighted by molar-refractivity contribution is -0.137. The number of likely N-dealkylation sites (N-methyl/N-ethyl adjacent to an activating group) is 1. The van der Waals surface area contributed by atoms with Gasteiger partial charge in [-0.3, -0.25) is 9.88 Å². The van der Waals surface area contributed by atoms with Crippen LogP contribution < -0.4 is 0 Å². The van der Waals surface area contributed by atoms with Crippen LogP contribution in [0.5, 0.6) is 5.75 Å². The first-order valence-corrected chi connectivity index (χ1v) is 10.5. The van der Waals surface area contributed by atoms with Gasteiger partial charge in [-0.15, -0.1) is 0 Å². The number of halogens is 3. The molecule has 1 fully saturated rings. The monoisotopic (exact) mass is 429 g/mol. The summed E-state index contributed by atoms with van der Waals surface area (Å²) in [5, 5.41) is 12.0. The first-order chi connectivity index (χ1) is 14.8. The zero-order valence-corrected chi connectivity index (χ0v) is 17.7. The highest BCUT2D eigenvalue weighted by Crippen LogP contribution is 2.41. The highest BCUT2D eigenvalue weighted by molar-refractivity contribution is 5.87. The van der Waals surface area contributed by atoms with Crippen molar-refractivity contribution >= 4 is 10.9 Å². The fraction of sp³-hybridized carbons (Fsp3) is 0.375. The van der Waals surface area contributed by atoms with Crippen LogP contribution >= 0.6 is 0 Å². The molecule has 164 valence electrons. The molecule has 31 heavy (non-hydrogen) atoms. The molecule has 1 atom stereocenters. The van der Waals surface area contributed by atoms with Crippen LogP contribution in [0.25, 0.3) is 10.9 Å². The fourth-order valence-electron chi connectivity index (χ4n) is 4.45. The van der Waals surface area contributed by atoms with Crippen molar-refractivity contribution in [3.05, 3.63) is 70.9 Å². The first-order valence-electron chi connectivity index (χ1n) is 10.5. The summed E-state index contributed by atoms with van der Waals surface area (Å²) in [5.74, 6) is 0.0958. The smallest absolute Gasteiger partial charge is 0.416 e. The van der Waals surface area contributed by atoms with Gasteiger partial charge in [-0.25, -0.2) is 0 Å². The highest BCUT2D eigenvalue weighted by Gasteiger charge is 2.33. The lowest BCUT2D eigenvalue weighted by Crippen LogP contribution is -2.47. The van der Waals surface area contributed by atoms with Crippen LogP contribution in [0.2, 0.25) is 0 Å². The summed E-state index contributed by atoms with van der Waals surface area (Å²) in [6.07, 6.45) is -2.75. The van der Waals surface area contributed by atoms with E-state index >= 15 is 0 Å². The highest BCUT2D eigenvalue weighted by atomic mass is 19.4. The van der Waals surface area contributed by atoms with Crippen LogP contribution in [0.3, 0.4) is 0 Å². The average Bonchev–Trinajstić information content (AvgIpc) is 2.76. The van der Waals surface area contributed by atoms with Crippen molar-refractivity contribution in [2.75, 3.05) is 32.7 Å². The van der Waals surface area contributed by atoms with Crippen molar-refractivity contribution in [3.8, 4) is 5.75 Å². The largest absolute Gasteiger partial charge is 0.505 e. The second-order valence-electron chi connectivity index (χ2n) is 8.02. The van der Waals surface area contributed by atoms with Crippen molar-refractivity contribution in [3.63, 3.8) is 0 Å². The molecule has 0 bridgehead atoms. The van der Waals surface area contributed by atoms with Gasteiger partial charge in [0.2, 0.25) is 0 Å². The van der Waals surface area contributed by atoms with Gasteiger partial charge in [0.15, 0.2) is 0 Å². The van der Waals surface area contributed by atoms with Crippen molar-refractivity contribution < 1.29 is 18.3 Å². The molecule has 7 heteroatoms. The number of alkyl halides is 3. The number of hydrogen-bond donors (Lipinski definition) is 1. The van der Waals surface area contributed by atoms with Crippen molar-refractivity contribution in [1.82, 2.24) is 14.8 Å². The Bertz CT molecular complexity index is 1060. The van der Waals surface area contributed by atoms with Crippen LogP contribution in [0.4, 0.5) is 13.2 Å². The number of nitrogens with zero attached hydrogens (tertiary/aromatic N) is 3. The maximum Gasteiger partial charge on any atom is 0.416 e. The fourth-order valence-corrected chi connectivity index (χ4v) is 4.45. The van der Waals surface area contributed by atoms with Crippen LogP contribution in [0.15, 0.2) is 48.7 Å². The number of aromatic hydroxyl groups is 1. The molecular formula is C24H26F3N3O. The Morgan fingerprint density at radius 2 is 1.74 bits per heavy atom. The topological polar surface area (TPSA) is 39.6 Å². The van der Waals surface area contributed by atoms with E-state index in [2.05, 4.69) is 21.7 Å². The predicted molar refractivity (Wildman–Crippen MR) is 115 cm³/mol. The molecule has 4 nitrogen and oxygen atoms in total. The number of pyridine rings is 1. The number of hydrogen-bond acceptors (Lipinski definition) is 4. The minimum atomic E-state index is -4.38. The molecule has 2 aromatic carbocycles. The second kappa shape index (κ2) is 8.48. The molecule has 1 unspecified atom stereocenters. The normalized spacial score (nSPS) is 17.2. The molecule has 3 aromatic rings. The standard InChI is InChI=1S/C24H26F3N3O/c1-3-29-11-13-30(14-12-29)22(17-6-8-19(9-7-17)24(25,26)27)20-16(2)15-18-5-4-10-28-21(18)23(20)31/h4-10,15,22,31H,3,11-14H2,1-2H3. The maximum atomic E-state index is 13.1. The lowest BCUT2D eigenvalue weighted by atomic mass is 9.90. The summed E-state index contributed by atoms with van der Waals surface area (Å²) in [6, 6.07) is 10.6. The minimum absolute atomic E-state index is 0.0958. The van der Waals surface area contributed by atoms with Crippen molar-refractivity contribution in [2.45, 2.75) is 26.1 Å². The molecule has 0 spiro atoms. The SMILES string of the molecule is CCN1CCN(C(c2ccc(C(F)(F)F)cc2)c2c(C)cc3cccnc3c2O)CC1. The Morgan fingerprint density at radius 3 is 2.35 bits per heavy atom. The van der Waals surface area contributed by atoms with E-state index < -0.39 is 11.7 Å². The van der Waals surface area contributed by atoms with Gasteiger partial charge in [0.1, 0.15) is 11.3 Å². The Hall–Kier alpha value is -2.64. The van der Waals surface area contributed by atoms with Crippen molar-refractivity contribution in [2.24, 2.45) is 0 Å². The Labute approximate surface area is 179 Å². The molecule has 0 radical (unpaired) electrons. The molecule has 4 rings (SSSR count). The van der Waals surface area contributed by atoms with Gasteiger partial charge >= 0.3 is 6.18 Å². The van der Waals surface area contributed by atoms with Gasteiger partial charge < -0.3 is 10.0 Å². The quantitative estimate of drug-likeness (QED) is 0.634. The van der Waals surface area contributed by atoms with Crippen LogP contribution in [0, 0.1) is 6.92 Å². The van der Waals surface area contributed by atoms with E-state index in [9.17, 15) is 18.3 Å². The molecule has 1 aliphatic rings. The van der Waals surface area contributed by atoms with Crippen LogP contribution in [-0.2, 0) is 6.18 Å². The zero-order chi connectivity index (χ0) is 22.2. The summed E-state index contributed by atoms with van der Waals surface area (Å²) >= 11 is 0. The molecule has 0 amide bonds. The molecule has 1 aliphatic heterocycles. The number of phenolic OH excluding ortho intramolecular Hbond substituents is 1. The molecule has 2 heterocycles. The summed E-state index contributed by atoms with van der Waals surface area (Å²) < 4.78 is 39.4. The van der Waals surface area contributed by atoms with E-state index in [0.29, 0.717) is 11.1 Å². The molecule has 1 aromatic heterocycles. The third kappa shape index (κ3) is 4.25. The third-order valence-electron chi connectivity index (χ3n) is 6.16. The predicted octanol–water partition coefficient (Wildman–Crippen LogP) is 4.99. The van der Waals surface area contributed by atoms with E-state index in [-0.39, 0.29) is 11.8 Å². The van der Waals surface area contributed by atoms with Crippen LogP contribution in [-0.4, -0.2) is 52.6 Å². The first kappa shape index (κ1) is 21.6. The number of aryl methyl sites for hydroxylation is 1. The van der Waals surface area contributed by atoms with Gasteiger partial charge in [-0.2, -0.15) is 13.2 Å². The lowest BCUT2D eigenvalue weighted by Gasteiger charge is -2.40. The number of aromatic nitrogens is 1. The Morgan fingerprint density at radius 1 is 1.06 bits per heavy atom. The van der Waals surface area contributed by atoms with Gasteiger partial charge in [0.25, 0.3) is 0 Å². The van der Waals surface area contributed by atoms with E-state index in [0.717, 1.165) is 61.4 Å². The van der Waals surface area contributed by atoms with Gasteiger partial charge in [-0.1, -0.05) is 25.1 Å². The second-order valence-corrected chi connectivity index (χ2v) is 8.02. The van der Waals surface area contributed by atoms with E-state index in [1.54, 1.807) is 6.20 Å². The van der Waals surface area contributed by atoms with Gasteiger partial charge in [0, 0.05) is 43.3 Å². The van der Waals surface area contributed by atoms with E-state index in [1.807, 2.05) is 25.1 Å². The maximum absolute atomic E-state index is 13.1. The molecule has 1 saturated heterocycles. The summed E-state index contributed by atoms with van der Waals surface area (Å²) in [5.41, 5.74) is 2.16. The molecule has 0 saturated carbocycles. The number of piperazine rings is 1. The number of fused-ring (bicyclic) bond motifs is 1. The van der Waals surface area contributed by atoms with E-state index in [1.165, 1.54) is 12.1 Å². The number of rotatable bonds is 4. The van der Waals surface area contributed by atoms with Crippen LogP contribution in [0.1, 0.15) is 35.2 Å². The molecular weight excluding hydrogens is 403 g/mol. The van der Waals surface area contributed by atoms with Crippen molar-refractivity contribution in [1.29, 1.82) is 0 Å². The molecule has 1 N–H and O–H groups in total. The Balaban J connectivity index is 1.83. The summed E-state index contributed by atoms with van der Waals surface area (Å²) in [4.78, 5) is 8.93. The summed E-state index contributed by atoms with van der Waals surface area (Å²) in [7, 11) is 0. The number of phenols is 1. The van der Waals surface area contributed by atoms with Gasteiger partial charge in [0.05, 0.1) is 11.6 Å². The Kier molecular flexibility index (Phi) is 5.90. The summed E-state index contributed by atoms with van der Waals surface area (Å²) in [6.45, 7) is 8.29. The number of benzene rings is 2. The average molecular weight is 429 g/mol.